The van der Waals surface area contributed by atoms with Crippen molar-refractivity contribution in [2.75, 3.05) is 5.32 Å². The summed E-state index contributed by atoms with van der Waals surface area (Å²) < 4.78 is 37.3. The van der Waals surface area contributed by atoms with Crippen LogP contribution in [0.2, 0.25) is 0 Å². The lowest BCUT2D eigenvalue weighted by atomic mass is 10.3. The molecule has 2 rings (SSSR count). The molecule has 0 aliphatic rings. The van der Waals surface area contributed by atoms with Crippen molar-refractivity contribution in [3.8, 4) is 0 Å². The van der Waals surface area contributed by atoms with E-state index in [-0.39, 0.29) is 5.82 Å². The highest BCUT2D eigenvalue weighted by molar-refractivity contribution is 5.37. The summed E-state index contributed by atoms with van der Waals surface area (Å²) in [5.74, 6) is 0.441. The van der Waals surface area contributed by atoms with E-state index in [0.717, 1.165) is 6.07 Å². The van der Waals surface area contributed by atoms with Gasteiger partial charge in [0.25, 0.3) is 0 Å². The topological polar surface area (TPSA) is 79.4 Å². The number of pyridine rings is 1. The Hall–Kier alpha value is -2.19. The van der Waals surface area contributed by atoms with Crippen LogP contribution in [0.1, 0.15) is 24.5 Å². The zero-order chi connectivity index (χ0) is 13.2. The van der Waals surface area contributed by atoms with E-state index in [9.17, 15) is 13.2 Å². The van der Waals surface area contributed by atoms with Gasteiger partial charge in [-0.15, -0.1) is 10.2 Å². The molecule has 9 heteroatoms. The monoisotopic (exact) mass is 258 g/mol. The van der Waals surface area contributed by atoms with Crippen molar-refractivity contribution >= 4 is 5.82 Å². The molecule has 2 aromatic rings. The normalized spacial score (nSPS) is 13.3. The molecule has 0 saturated heterocycles. The molecule has 0 saturated carbocycles. The van der Waals surface area contributed by atoms with Gasteiger partial charge in [-0.1, -0.05) is 11.3 Å². The molecule has 2 heterocycles. The number of nitrogens with zero attached hydrogens (tertiary/aromatic N) is 4. The Kier molecular flexibility index (Phi) is 3.13. The van der Waals surface area contributed by atoms with Gasteiger partial charge in [-0.05, 0) is 19.1 Å². The minimum Gasteiger partial charge on any atom is -0.360 e. The maximum Gasteiger partial charge on any atom is 0.433 e. The second kappa shape index (κ2) is 4.59. The second-order valence-electron chi connectivity index (χ2n) is 3.54. The van der Waals surface area contributed by atoms with Gasteiger partial charge in [0, 0.05) is 0 Å². The Labute approximate surface area is 99.6 Å². The summed E-state index contributed by atoms with van der Waals surface area (Å²) in [6.45, 7) is 1.69. The molecule has 2 aromatic heterocycles. The number of hydrogen-bond acceptors (Lipinski definition) is 5. The highest BCUT2D eigenvalue weighted by Crippen LogP contribution is 2.28. The lowest BCUT2D eigenvalue weighted by Gasteiger charge is -2.12. The first-order chi connectivity index (χ1) is 8.47. The number of halogens is 3. The first-order valence-electron chi connectivity index (χ1n) is 5.01. The molecule has 0 bridgehead atoms. The van der Waals surface area contributed by atoms with Crippen LogP contribution < -0.4 is 5.32 Å². The van der Waals surface area contributed by atoms with E-state index in [1.165, 1.54) is 12.1 Å². The molecule has 18 heavy (non-hydrogen) atoms. The van der Waals surface area contributed by atoms with Crippen LogP contribution in [0.4, 0.5) is 19.0 Å². The number of tetrazole rings is 1. The van der Waals surface area contributed by atoms with Gasteiger partial charge in [0.05, 0.1) is 6.04 Å². The molecule has 96 valence electrons. The fraction of sp³-hybridized carbons (Fsp3) is 0.333. The Morgan fingerprint density at radius 2 is 2.11 bits per heavy atom. The molecule has 0 spiro atoms. The lowest BCUT2D eigenvalue weighted by molar-refractivity contribution is -0.141. The van der Waals surface area contributed by atoms with Crippen LogP contribution in [0.5, 0.6) is 0 Å². The molecule has 1 unspecified atom stereocenters. The molecule has 0 fully saturated rings. The average molecular weight is 258 g/mol. The van der Waals surface area contributed by atoms with Crippen LogP contribution in [0, 0.1) is 0 Å². The highest BCUT2D eigenvalue weighted by Gasteiger charge is 2.32. The van der Waals surface area contributed by atoms with Crippen LogP contribution >= 0.6 is 0 Å². The third-order valence-corrected chi connectivity index (χ3v) is 2.15. The molecule has 1 atom stereocenters. The van der Waals surface area contributed by atoms with Crippen molar-refractivity contribution in [1.29, 1.82) is 0 Å². The van der Waals surface area contributed by atoms with Gasteiger partial charge in [-0.3, -0.25) is 0 Å². The Balaban J connectivity index is 2.15. The van der Waals surface area contributed by atoms with Crippen molar-refractivity contribution in [3.05, 3.63) is 29.7 Å². The SMILES string of the molecule is CC(Nc1cccc(C(F)(F)F)n1)c1nn[nH]n1. The summed E-state index contributed by atoms with van der Waals surface area (Å²) in [5.41, 5.74) is -0.951. The van der Waals surface area contributed by atoms with E-state index >= 15 is 0 Å². The van der Waals surface area contributed by atoms with E-state index in [2.05, 4.69) is 30.9 Å². The zero-order valence-corrected chi connectivity index (χ0v) is 9.23. The number of rotatable bonds is 3. The third kappa shape index (κ3) is 2.73. The molecule has 0 aliphatic heterocycles. The second-order valence-corrected chi connectivity index (χ2v) is 3.54. The fourth-order valence-corrected chi connectivity index (χ4v) is 1.31. The molecule has 6 nitrogen and oxygen atoms in total. The van der Waals surface area contributed by atoms with E-state index in [0.29, 0.717) is 5.82 Å². The maximum absolute atomic E-state index is 12.4. The number of anilines is 1. The quantitative estimate of drug-likeness (QED) is 0.877. The van der Waals surface area contributed by atoms with Crippen molar-refractivity contribution < 1.29 is 13.2 Å². The average Bonchev–Trinajstić information content (AvgIpc) is 2.81. The number of aromatic amines is 1. The van der Waals surface area contributed by atoms with Gasteiger partial charge < -0.3 is 5.32 Å². The van der Waals surface area contributed by atoms with Crippen LogP contribution in [-0.4, -0.2) is 25.6 Å². The molecule has 0 aromatic carbocycles. The van der Waals surface area contributed by atoms with Gasteiger partial charge in [0.1, 0.15) is 11.5 Å². The van der Waals surface area contributed by atoms with Gasteiger partial charge in [-0.25, -0.2) is 4.98 Å². The Bertz CT molecular complexity index is 509. The Morgan fingerprint density at radius 1 is 1.33 bits per heavy atom. The fourth-order valence-electron chi connectivity index (χ4n) is 1.31. The van der Waals surface area contributed by atoms with Crippen LogP contribution in [0.15, 0.2) is 18.2 Å². The standard InChI is InChI=1S/C9H9F3N6/c1-5(8-15-17-18-16-8)13-7-4-2-3-6(14-7)9(10,11)12/h2-5H,1H3,(H,13,14)(H,15,16,17,18). The summed E-state index contributed by atoms with van der Waals surface area (Å²) in [5, 5.41) is 15.8. The summed E-state index contributed by atoms with van der Waals surface area (Å²) in [6.07, 6.45) is -4.47. The predicted molar refractivity (Wildman–Crippen MR) is 55.5 cm³/mol. The van der Waals surface area contributed by atoms with Crippen molar-refractivity contribution in [2.24, 2.45) is 0 Å². The first-order valence-corrected chi connectivity index (χ1v) is 5.01. The van der Waals surface area contributed by atoms with Crippen molar-refractivity contribution in [2.45, 2.75) is 19.1 Å². The summed E-state index contributed by atoms with van der Waals surface area (Å²) in [7, 11) is 0. The predicted octanol–water partition coefficient (Wildman–Crippen LogP) is 1.79. The molecule has 0 amide bonds. The van der Waals surface area contributed by atoms with E-state index in [1.54, 1.807) is 6.92 Å². The summed E-state index contributed by atoms with van der Waals surface area (Å²) >= 11 is 0. The molecule has 0 radical (unpaired) electrons. The van der Waals surface area contributed by atoms with Gasteiger partial charge in [-0.2, -0.15) is 18.4 Å². The summed E-state index contributed by atoms with van der Waals surface area (Å²) in [6, 6.07) is 3.22. The van der Waals surface area contributed by atoms with Crippen molar-refractivity contribution in [3.63, 3.8) is 0 Å². The van der Waals surface area contributed by atoms with E-state index in [4.69, 9.17) is 0 Å². The van der Waals surface area contributed by atoms with Gasteiger partial charge in [0.2, 0.25) is 0 Å². The number of H-pyrrole nitrogens is 1. The molecular weight excluding hydrogens is 249 g/mol. The van der Waals surface area contributed by atoms with Gasteiger partial charge >= 0.3 is 6.18 Å². The molecule has 2 N–H and O–H groups in total. The van der Waals surface area contributed by atoms with E-state index < -0.39 is 17.9 Å². The molecule has 0 aliphatic carbocycles. The zero-order valence-electron chi connectivity index (χ0n) is 9.23. The number of aromatic nitrogens is 5. The minimum absolute atomic E-state index is 0.0992. The lowest BCUT2D eigenvalue weighted by Crippen LogP contribution is -2.13. The van der Waals surface area contributed by atoms with Crippen molar-refractivity contribution in [1.82, 2.24) is 25.6 Å². The van der Waals surface area contributed by atoms with Gasteiger partial charge in [0.15, 0.2) is 5.82 Å². The van der Waals surface area contributed by atoms with Crippen LogP contribution in [-0.2, 0) is 6.18 Å². The van der Waals surface area contributed by atoms with Crippen LogP contribution in [0.3, 0.4) is 0 Å². The third-order valence-electron chi connectivity index (χ3n) is 2.15. The highest BCUT2D eigenvalue weighted by atomic mass is 19.4. The number of nitrogens with one attached hydrogen (secondary N) is 2. The first kappa shape index (κ1) is 12.3. The number of alkyl halides is 3. The van der Waals surface area contributed by atoms with Crippen LogP contribution in [0.25, 0.3) is 0 Å². The largest absolute Gasteiger partial charge is 0.433 e. The molecular formula is C9H9F3N6. The maximum atomic E-state index is 12.4. The van der Waals surface area contributed by atoms with E-state index in [1.807, 2.05) is 0 Å². The summed E-state index contributed by atoms with van der Waals surface area (Å²) in [4.78, 5) is 3.47. The number of hydrogen-bond donors (Lipinski definition) is 2. The Morgan fingerprint density at radius 3 is 2.72 bits per heavy atom. The minimum atomic E-state index is -4.47. The smallest absolute Gasteiger partial charge is 0.360 e.